The van der Waals surface area contributed by atoms with E-state index in [1.165, 1.54) is 6.08 Å². The van der Waals surface area contributed by atoms with Crippen molar-refractivity contribution in [1.82, 2.24) is 20.5 Å². The van der Waals surface area contributed by atoms with E-state index in [0.717, 1.165) is 11.1 Å². The standard InChI is InChI=1S/C20H19N5O3S/c1-13-3-2-4-15(11-13)29(27,28)20-18-16(12-22-20)24-25-19(18)23-17(26)6-5-14-7-9-21-10-8-14/h2-11,20,22H,12H2,1H3,(H2,23,24,25,26). The molecule has 4 rings (SSSR count). The number of sulfone groups is 1. The molecule has 3 heterocycles. The molecule has 0 saturated carbocycles. The highest BCUT2D eigenvalue weighted by molar-refractivity contribution is 7.91. The summed E-state index contributed by atoms with van der Waals surface area (Å²) in [6, 6.07) is 10.3. The smallest absolute Gasteiger partial charge is 0.249 e. The molecule has 1 amide bonds. The van der Waals surface area contributed by atoms with Crippen LogP contribution >= 0.6 is 0 Å². The Hall–Kier alpha value is -3.30. The highest BCUT2D eigenvalue weighted by Gasteiger charge is 2.38. The van der Waals surface area contributed by atoms with Crippen molar-refractivity contribution in [2.45, 2.75) is 23.7 Å². The number of hydrogen-bond donors (Lipinski definition) is 3. The Morgan fingerprint density at radius 2 is 2.03 bits per heavy atom. The van der Waals surface area contributed by atoms with Crippen molar-refractivity contribution in [3.63, 3.8) is 0 Å². The van der Waals surface area contributed by atoms with Crippen molar-refractivity contribution in [1.29, 1.82) is 0 Å². The summed E-state index contributed by atoms with van der Waals surface area (Å²) >= 11 is 0. The Labute approximate surface area is 168 Å². The summed E-state index contributed by atoms with van der Waals surface area (Å²) in [5.41, 5.74) is 2.76. The number of carbonyl (C=O) groups is 1. The molecule has 148 valence electrons. The molecule has 0 saturated heterocycles. The monoisotopic (exact) mass is 409 g/mol. The largest absolute Gasteiger partial charge is 0.305 e. The molecule has 1 unspecified atom stereocenters. The molecule has 8 nitrogen and oxygen atoms in total. The van der Waals surface area contributed by atoms with Gasteiger partial charge in [0, 0.05) is 25.0 Å². The lowest BCUT2D eigenvalue weighted by Gasteiger charge is -2.14. The molecule has 0 aliphatic carbocycles. The number of amides is 1. The van der Waals surface area contributed by atoms with Gasteiger partial charge in [-0.1, -0.05) is 12.1 Å². The number of fused-ring (bicyclic) bond motifs is 1. The molecule has 0 spiro atoms. The lowest BCUT2D eigenvalue weighted by atomic mass is 10.2. The summed E-state index contributed by atoms with van der Waals surface area (Å²) in [6.45, 7) is 2.16. The van der Waals surface area contributed by atoms with Gasteiger partial charge < -0.3 is 5.32 Å². The van der Waals surface area contributed by atoms with Crippen LogP contribution in [0, 0.1) is 6.92 Å². The normalized spacial score (nSPS) is 16.1. The minimum absolute atomic E-state index is 0.204. The Bertz CT molecular complexity index is 1190. The molecule has 29 heavy (non-hydrogen) atoms. The highest BCUT2D eigenvalue weighted by atomic mass is 32.2. The topological polar surface area (TPSA) is 117 Å². The van der Waals surface area contributed by atoms with E-state index in [1.807, 2.05) is 13.0 Å². The number of hydrogen-bond acceptors (Lipinski definition) is 6. The first-order chi connectivity index (χ1) is 13.9. The molecule has 1 aliphatic heterocycles. The zero-order chi connectivity index (χ0) is 20.4. The van der Waals surface area contributed by atoms with Gasteiger partial charge in [-0.25, -0.2) is 8.42 Å². The number of aromatic nitrogens is 3. The summed E-state index contributed by atoms with van der Waals surface area (Å²) in [5.74, 6) is -0.203. The number of H-pyrrole nitrogens is 1. The SMILES string of the molecule is Cc1cccc(S(=O)(=O)C2NCc3[nH]nc(NC(=O)C=Cc4ccncc4)c32)c1. The van der Waals surface area contributed by atoms with Gasteiger partial charge in [0.2, 0.25) is 5.91 Å². The maximum atomic E-state index is 13.2. The average Bonchev–Trinajstić information content (AvgIpc) is 3.30. The number of aromatic amines is 1. The Morgan fingerprint density at radius 1 is 1.24 bits per heavy atom. The van der Waals surface area contributed by atoms with Gasteiger partial charge in [0.1, 0.15) is 5.37 Å². The number of pyridine rings is 1. The Balaban J connectivity index is 1.59. The fourth-order valence-electron chi connectivity index (χ4n) is 3.19. The molecule has 0 fully saturated rings. The predicted molar refractivity (Wildman–Crippen MR) is 108 cm³/mol. The van der Waals surface area contributed by atoms with Gasteiger partial charge in [-0.05, 0) is 48.4 Å². The summed E-state index contributed by atoms with van der Waals surface area (Å²) < 4.78 is 26.3. The van der Waals surface area contributed by atoms with Gasteiger partial charge in [0.05, 0.1) is 16.2 Å². The number of anilines is 1. The summed E-state index contributed by atoms with van der Waals surface area (Å²) in [6.07, 6.45) is 6.27. The van der Waals surface area contributed by atoms with Crippen LogP contribution in [0.3, 0.4) is 0 Å². The van der Waals surface area contributed by atoms with E-state index in [9.17, 15) is 13.2 Å². The second kappa shape index (κ2) is 7.61. The van der Waals surface area contributed by atoms with Gasteiger partial charge in [-0.3, -0.25) is 20.2 Å². The summed E-state index contributed by atoms with van der Waals surface area (Å²) in [5, 5.41) is 11.6. The van der Waals surface area contributed by atoms with Crippen molar-refractivity contribution >= 4 is 27.6 Å². The lowest BCUT2D eigenvalue weighted by Crippen LogP contribution is -2.24. The lowest BCUT2D eigenvalue weighted by molar-refractivity contribution is -0.111. The van der Waals surface area contributed by atoms with Crippen LogP contribution in [0.1, 0.15) is 27.8 Å². The van der Waals surface area contributed by atoms with E-state index in [1.54, 1.807) is 48.8 Å². The molecular weight excluding hydrogens is 390 g/mol. The summed E-state index contributed by atoms with van der Waals surface area (Å²) in [4.78, 5) is 16.5. The third-order valence-corrected chi connectivity index (χ3v) is 6.55. The quantitative estimate of drug-likeness (QED) is 0.557. The number of rotatable bonds is 5. The second-order valence-corrected chi connectivity index (χ2v) is 8.72. The first-order valence-electron chi connectivity index (χ1n) is 8.95. The van der Waals surface area contributed by atoms with E-state index < -0.39 is 21.1 Å². The zero-order valence-electron chi connectivity index (χ0n) is 15.6. The Morgan fingerprint density at radius 3 is 2.79 bits per heavy atom. The predicted octanol–water partition coefficient (Wildman–Crippen LogP) is 2.34. The fraction of sp³-hybridized carbons (Fsp3) is 0.150. The minimum Gasteiger partial charge on any atom is -0.305 e. The molecule has 0 bridgehead atoms. The van der Waals surface area contributed by atoms with Crippen LogP contribution in [0.5, 0.6) is 0 Å². The molecule has 0 radical (unpaired) electrons. The van der Waals surface area contributed by atoms with Crippen LogP contribution in [0.25, 0.3) is 6.08 Å². The second-order valence-electron chi connectivity index (χ2n) is 6.69. The molecule has 1 aliphatic rings. The minimum atomic E-state index is -3.71. The first kappa shape index (κ1) is 19.0. The van der Waals surface area contributed by atoms with E-state index in [2.05, 4.69) is 25.8 Å². The maximum absolute atomic E-state index is 13.2. The number of aryl methyl sites for hydroxylation is 1. The van der Waals surface area contributed by atoms with Crippen molar-refractivity contribution in [2.75, 3.05) is 5.32 Å². The van der Waals surface area contributed by atoms with Crippen molar-refractivity contribution in [3.8, 4) is 0 Å². The van der Waals surface area contributed by atoms with Gasteiger partial charge in [0.15, 0.2) is 15.7 Å². The van der Waals surface area contributed by atoms with Crippen LogP contribution < -0.4 is 10.6 Å². The highest BCUT2D eigenvalue weighted by Crippen LogP contribution is 2.37. The van der Waals surface area contributed by atoms with Crippen LogP contribution in [-0.4, -0.2) is 29.5 Å². The molecular formula is C20H19N5O3S. The van der Waals surface area contributed by atoms with Crippen molar-refractivity contribution < 1.29 is 13.2 Å². The van der Waals surface area contributed by atoms with E-state index in [-0.39, 0.29) is 10.7 Å². The van der Waals surface area contributed by atoms with Crippen LogP contribution in [0.4, 0.5) is 5.82 Å². The van der Waals surface area contributed by atoms with Crippen molar-refractivity contribution in [3.05, 3.63) is 77.3 Å². The third-order valence-electron chi connectivity index (χ3n) is 4.61. The average molecular weight is 409 g/mol. The van der Waals surface area contributed by atoms with Crippen LogP contribution in [-0.2, 0) is 21.2 Å². The van der Waals surface area contributed by atoms with Crippen molar-refractivity contribution in [2.24, 2.45) is 0 Å². The van der Waals surface area contributed by atoms with E-state index in [0.29, 0.717) is 17.8 Å². The maximum Gasteiger partial charge on any atom is 0.249 e. The zero-order valence-corrected chi connectivity index (χ0v) is 16.4. The van der Waals surface area contributed by atoms with E-state index in [4.69, 9.17) is 0 Å². The van der Waals surface area contributed by atoms with Gasteiger partial charge in [0.25, 0.3) is 0 Å². The molecule has 3 N–H and O–H groups in total. The molecule has 1 atom stereocenters. The Kier molecular flexibility index (Phi) is 4.99. The van der Waals surface area contributed by atoms with Crippen LogP contribution in [0.15, 0.2) is 59.8 Å². The fourth-order valence-corrected chi connectivity index (χ4v) is 4.95. The van der Waals surface area contributed by atoms with Gasteiger partial charge in [-0.15, -0.1) is 0 Å². The molecule has 9 heteroatoms. The first-order valence-corrected chi connectivity index (χ1v) is 10.5. The molecule has 3 aromatic rings. The summed E-state index contributed by atoms with van der Waals surface area (Å²) in [7, 11) is -3.71. The van der Waals surface area contributed by atoms with Gasteiger partial charge in [-0.2, -0.15) is 5.10 Å². The third kappa shape index (κ3) is 3.82. The van der Waals surface area contributed by atoms with Gasteiger partial charge >= 0.3 is 0 Å². The number of nitrogens with one attached hydrogen (secondary N) is 3. The molecule has 2 aromatic heterocycles. The number of carbonyl (C=O) groups excluding carboxylic acids is 1. The molecule has 1 aromatic carbocycles. The number of benzene rings is 1. The van der Waals surface area contributed by atoms with E-state index >= 15 is 0 Å². The van der Waals surface area contributed by atoms with Crippen LogP contribution in [0.2, 0.25) is 0 Å². The number of nitrogens with zero attached hydrogens (tertiary/aromatic N) is 2.